The molecule has 3 aromatic rings. The number of nitrogens with one attached hydrogen (secondary N) is 2. The molecule has 0 radical (unpaired) electrons. The first kappa shape index (κ1) is 25.1. The van der Waals surface area contributed by atoms with Crippen molar-refractivity contribution in [2.24, 2.45) is 5.14 Å². The van der Waals surface area contributed by atoms with E-state index in [0.717, 1.165) is 10.7 Å². The molecule has 0 spiro atoms. The summed E-state index contributed by atoms with van der Waals surface area (Å²) in [6, 6.07) is 4.78. The monoisotopic (exact) mass is 536 g/mol. The van der Waals surface area contributed by atoms with Gasteiger partial charge >= 0.3 is 6.03 Å². The van der Waals surface area contributed by atoms with Crippen molar-refractivity contribution in [3.8, 4) is 11.4 Å². The van der Waals surface area contributed by atoms with E-state index in [-0.39, 0.29) is 10.8 Å². The quantitative estimate of drug-likeness (QED) is 0.314. The molecule has 2 aromatic heterocycles. The van der Waals surface area contributed by atoms with Crippen LogP contribution in [0.2, 0.25) is 5.15 Å². The lowest BCUT2D eigenvalue weighted by Gasteiger charge is -2.29. The Balaban J connectivity index is 1.47. The molecular weight excluding hydrogens is 516 g/mol. The second kappa shape index (κ2) is 10.7. The van der Waals surface area contributed by atoms with Crippen molar-refractivity contribution < 1.29 is 17.9 Å². The second-order valence-corrected chi connectivity index (χ2v) is 9.97. The summed E-state index contributed by atoms with van der Waals surface area (Å²) in [4.78, 5) is 32.5. The summed E-state index contributed by atoms with van der Waals surface area (Å²) in [7, 11) is -3.82. The molecule has 1 aromatic carbocycles. The number of halogens is 1. The number of morpholine rings is 1. The summed E-state index contributed by atoms with van der Waals surface area (Å²) in [6.07, 6.45) is 4.88. The second-order valence-electron chi connectivity index (χ2n) is 7.24. The predicted octanol–water partition coefficient (Wildman–Crippen LogP) is 2.44. The van der Waals surface area contributed by atoms with E-state index in [2.05, 4.69) is 30.5 Å². The van der Waals surface area contributed by atoms with Crippen LogP contribution in [0.5, 0.6) is 0 Å². The number of hydrogen-bond acceptors (Lipinski definition) is 10. The van der Waals surface area contributed by atoms with Gasteiger partial charge in [0.1, 0.15) is 11.0 Å². The third-order valence-electron chi connectivity index (χ3n) is 4.90. The highest BCUT2D eigenvalue weighted by Gasteiger charge is 2.21. The molecule has 2 amide bonds. The van der Waals surface area contributed by atoms with Crippen molar-refractivity contribution in [2.45, 2.75) is 9.79 Å². The van der Waals surface area contributed by atoms with Gasteiger partial charge in [0.25, 0.3) is 0 Å². The van der Waals surface area contributed by atoms with Gasteiger partial charge < -0.3 is 15.0 Å². The average molecular weight is 537 g/mol. The average Bonchev–Trinajstić information content (AvgIpc) is 2.84. The maximum absolute atomic E-state index is 12.2. The third kappa shape index (κ3) is 6.15. The van der Waals surface area contributed by atoms with E-state index in [1.54, 1.807) is 0 Å². The number of carbonyl (C=O) groups excluding carboxylic acids is 1. The van der Waals surface area contributed by atoms with Crippen LogP contribution in [0.3, 0.4) is 0 Å². The minimum atomic E-state index is -3.82. The number of aromatic nitrogens is 4. The van der Waals surface area contributed by atoms with E-state index < -0.39 is 16.1 Å². The zero-order valence-electron chi connectivity index (χ0n) is 18.4. The number of sulfonamides is 1. The number of amides is 2. The van der Waals surface area contributed by atoms with E-state index in [9.17, 15) is 13.2 Å². The zero-order chi connectivity index (χ0) is 25.0. The van der Waals surface area contributed by atoms with Gasteiger partial charge in [-0.2, -0.15) is 0 Å². The van der Waals surface area contributed by atoms with Crippen LogP contribution >= 0.6 is 23.4 Å². The van der Waals surface area contributed by atoms with Crippen LogP contribution < -0.4 is 20.7 Å². The molecule has 0 atom stereocenters. The summed E-state index contributed by atoms with van der Waals surface area (Å²) < 4.78 is 28.1. The number of ether oxygens (including phenoxy) is 1. The van der Waals surface area contributed by atoms with Crippen LogP contribution in [-0.2, 0) is 14.8 Å². The maximum atomic E-state index is 12.2. The molecule has 1 aliphatic heterocycles. The minimum Gasteiger partial charge on any atom is -0.378 e. The molecule has 1 aliphatic rings. The van der Waals surface area contributed by atoms with Crippen molar-refractivity contribution in [3.05, 3.63) is 41.8 Å². The van der Waals surface area contributed by atoms with E-state index >= 15 is 0 Å². The Morgan fingerprint density at radius 1 is 1.11 bits per heavy atom. The SMILES string of the molecule is CSc1c(Cl)nc(-c2cnc(NC(=O)Nc3ccc(S(N)(=O)=O)cc3)nc2)nc1N1CCOCC1. The van der Waals surface area contributed by atoms with Crippen LogP contribution in [0.15, 0.2) is 46.5 Å². The highest BCUT2D eigenvalue weighted by Crippen LogP contribution is 2.34. The number of benzene rings is 1. The number of anilines is 3. The van der Waals surface area contributed by atoms with Gasteiger partial charge in [-0.05, 0) is 30.5 Å². The van der Waals surface area contributed by atoms with Gasteiger partial charge in [0.05, 0.1) is 28.6 Å². The Bertz CT molecular complexity index is 1320. The van der Waals surface area contributed by atoms with Crippen LogP contribution in [0.4, 0.5) is 22.2 Å². The highest BCUT2D eigenvalue weighted by atomic mass is 35.5. The molecule has 1 saturated heterocycles. The van der Waals surface area contributed by atoms with E-state index in [1.807, 2.05) is 6.26 Å². The fourth-order valence-electron chi connectivity index (χ4n) is 3.21. The summed E-state index contributed by atoms with van der Waals surface area (Å²) in [5.41, 5.74) is 0.887. The zero-order valence-corrected chi connectivity index (χ0v) is 20.8. The summed E-state index contributed by atoms with van der Waals surface area (Å²) in [5, 5.41) is 10.4. The largest absolute Gasteiger partial charge is 0.378 e. The first-order valence-electron chi connectivity index (χ1n) is 10.2. The van der Waals surface area contributed by atoms with Crippen molar-refractivity contribution in [1.29, 1.82) is 0 Å². The van der Waals surface area contributed by atoms with Crippen LogP contribution in [-0.4, -0.2) is 66.9 Å². The molecule has 1 fully saturated rings. The molecule has 0 saturated carbocycles. The van der Waals surface area contributed by atoms with Crippen LogP contribution in [0.1, 0.15) is 0 Å². The van der Waals surface area contributed by atoms with Crippen LogP contribution in [0, 0.1) is 0 Å². The van der Waals surface area contributed by atoms with Gasteiger partial charge in [-0.3, -0.25) is 5.32 Å². The Morgan fingerprint density at radius 3 is 2.37 bits per heavy atom. The summed E-state index contributed by atoms with van der Waals surface area (Å²) in [5.74, 6) is 1.14. The molecule has 184 valence electrons. The van der Waals surface area contributed by atoms with E-state index in [1.165, 1.54) is 48.4 Å². The Hall–Kier alpha value is -3.04. The van der Waals surface area contributed by atoms with Gasteiger partial charge in [-0.25, -0.2) is 38.3 Å². The topological polar surface area (TPSA) is 165 Å². The highest BCUT2D eigenvalue weighted by molar-refractivity contribution is 7.98. The van der Waals surface area contributed by atoms with Crippen molar-refractivity contribution in [2.75, 3.05) is 48.1 Å². The summed E-state index contributed by atoms with van der Waals surface area (Å²) in [6.45, 7) is 2.60. The van der Waals surface area contributed by atoms with Crippen molar-refractivity contribution in [1.82, 2.24) is 19.9 Å². The molecule has 3 heterocycles. The third-order valence-corrected chi connectivity index (χ3v) is 7.00. The van der Waals surface area contributed by atoms with Gasteiger partial charge in [0, 0.05) is 31.2 Å². The number of rotatable bonds is 6. The molecular formula is C20H21ClN8O4S2. The molecule has 0 unspecified atom stereocenters. The number of thioether (sulfide) groups is 1. The smallest absolute Gasteiger partial charge is 0.326 e. The lowest BCUT2D eigenvalue weighted by Crippen LogP contribution is -2.37. The van der Waals surface area contributed by atoms with Gasteiger partial charge in [0.2, 0.25) is 16.0 Å². The molecule has 0 bridgehead atoms. The lowest BCUT2D eigenvalue weighted by atomic mass is 10.3. The molecule has 0 aliphatic carbocycles. The number of nitrogens with two attached hydrogens (primary N) is 1. The predicted molar refractivity (Wildman–Crippen MR) is 133 cm³/mol. The standard InChI is InChI=1S/C20H21ClN8O4S2/c1-34-15-16(21)26-17(27-18(15)29-6-8-33-9-7-29)12-10-23-19(24-11-12)28-20(30)25-13-2-4-14(5-3-13)35(22,31)32/h2-5,10-11H,6-9H2,1H3,(H2,22,31,32)(H2,23,24,25,28,30). The Labute approximate surface area is 210 Å². The number of primary sulfonamides is 1. The lowest BCUT2D eigenvalue weighted by molar-refractivity contribution is 0.122. The van der Waals surface area contributed by atoms with Gasteiger partial charge in [0.15, 0.2) is 5.82 Å². The first-order valence-corrected chi connectivity index (χ1v) is 13.4. The molecule has 12 nitrogen and oxygen atoms in total. The number of hydrogen-bond donors (Lipinski definition) is 3. The van der Waals surface area contributed by atoms with Gasteiger partial charge in [-0.15, -0.1) is 11.8 Å². The number of carbonyl (C=O) groups is 1. The van der Waals surface area contributed by atoms with Crippen LogP contribution in [0.25, 0.3) is 11.4 Å². The molecule has 35 heavy (non-hydrogen) atoms. The molecule has 15 heteroatoms. The number of urea groups is 1. The van der Waals surface area contributed by atoms with Gasteiger partial charge in [-0.1, -0.05) is 11.6 Å². The van der Waals surface area contributed by atoms with Crippen molar-refractivity contribution >= 4 is 56.9 Å². The molecule has 4 N–H and O–H groups in total. The fraction of sp³-hybridized carbons (Fsp3) is 0.250. The fourth-order valence-corrected chi connectivity index (χ4v) is 4.69. The number of nitrogens with zero attached hydrogens (tertiary/aromatic N) is 5. The summed E-state index contributed by atoms with van der Waals surface area (Å²) >= 11 is 7.91. The Morgan fingerprint density at radius 2 is 1.77 bits per heavy atom. The normalized spacial score (nSPS) is 14.0. The molecule has 4 rings (SSSR count). The maximum Gasteiger partial charge on any atom is 0.326 e. The first-order chi connectivity index (χ1) is 16.7. The Kier molecular flexibility index (Phi) is 7.66. The minimum absolute atomic E-state index is 0.0487. The van der Waals surface area contributed by atoms with E-state index in [4.69, 9.17) is 26.5 Å². The van der Waals surface area contributed by atoms with E-state index in [0.29, 0.717) is 48.5 Å². The van der Waals surface area contributed by atoms with Crippen molar-refractivity contribution in [3.63, 3.8) is 0 Å².